The molecular formula is C15H21FN3O8P. The Balaban J connectivity index is 1.81. The van der Waals surface area contributed by atoms with Crippen molar-refractivity contribution in [1.82, 2.24) is 14.6 Å². The number of halogens is 1. The van der Waals surface area contributed by atoms with Crippen molar-refractivity contribution >= 4 is 13.7 Å². The minimum Gasteiger partial charge on any atom is -0.465 e. The number of hydrogen-bond acceptors (Lipinski definition) is 8. The molecule has 11 nitrogen and oxygen atoms in total. The Labute approximate surface area is 158 Å². The van der Waals surface area contributed by atoms with Crippen LogP contribution in [0.1, 0.15) is 27.0 Å². The lowest BCUT2D eigenvalue weighted by molar-refractivity contribution is -0.145. The first kappa shape index (κ1) is 20.9. The summed E-state index contributed by atoms with van der Waals surface area (Å²) < 4.78 is 50.2. The van der Waals surface area contributed by atoms with Gasteiger partial charge in [0.25, 0.3) is 5.56 Å². The molecule has 2 fully saturated rings. The van der Waals surface area contributed by atoms with Gasteiger partial charge in [0.05, 0.1) is 13.2 Å². The number of alkyl halides is 1. The Morgan fingerprint density at radius 3 is 2.93 bits per heavy atom. The lowest BCUT2D eigenvalue weighted by Crippen LogP contribution is -2.48. The van der Waals surface area contributed by atoms with Gasteiger partial charge in [-0.05, 0) is 20.8 Å². The van der Waals surface area contributed by atoms with Crippen LogP contribution < -0.4 is 16.3 Å². The maximum Gasteiger partial charge on any atom is 0.406 e. The van der Waals surface area contributed by atoms with E-state index >= 15 is 4.39 Å². The van der Waals surface area contributed by atoms with Crippen molar-refractivity contribution in [3.63, 3.8) is 0 Å². The number of ether oxygens (including phenoxy) is 2. The number of nitrogens with zero attached hydrogens (tertiary/aromatic N) is 1. The van der Waals surface area contributed by atoms with Gasteiger partial charge >= 0.3 is 19.4 Å². The van der Waals surface area contributed by atoms with Crippen LogP contribution in [0.15, 0.2) is 21.9 Å². The third kappa shape index (κ3) is 3.83. The van der Waals surface area contributed by atoms with E-state index in [1.807, 2.05) is 4.98 Å². The molecule has 13 heteroatoms. The first-order chi connectivity index (χ1) is 13.1. The summed E-state index contributed by atoms with van der Waals surface area (Å²) in [6.45, 7) is 3.99. The number of hydrogen-bond donors (Lipinski definition) is 2. The normalized spacial score (nSPS) is 35.9. The zero-order valence-corrected chi connectivity index (χ0v) is 16.3. The second-order valence-electron chi connectivity index (χ2n) is 6.62. The summed E-state index contributed by atoms with van der Waals surface area (Å²) in [6, 6.07) is 0.0290. The van der Waals surface area contributed by atoms with E-state index in [2.05, 4.69) is 5.09 Å². The lowest BCUT2D eigenvalue weighted by Gasteiger charge is -2.35. The van der Waals surface area contributed by atoms with Crippen molar-refractivity contribution < 1.29 is 32.3 Å². The third-order valence-electron chi connectivity index (χ3n) is 4.44. The maximum atomic E-state index is 15.5. The van der Waals surface area contributed by atoms with Crippen molar-refractivity contribution in [2.75, 3.05) is 13.2 Å². The van der Waals surface area contributed by atoms with Crippen LogP contribution in [0.4, 0.5) is 4.39 Å². The van der Waals surface area contributed by atoms with E-state index in [0.717, 1.165) is 23.8 Å². The van der Waals surface area contributed by atoms with Gasteiger partial charge in [-0.15, -0.1) is 0 Å². The van der Waals surface area contributed by atoms with Crippen molar-refractivity contribution in [2.24, 2.45) is 0 Å². The van der Waals surface area contributed by atoms with E-state index in [-0.39, 0.29) is 13.2 Å². The predicted octanol–water partition coefficient (Wildman–Crippen LogP) is 0.227. The molecule has 6 atom stereocenters. The molecular weight excluding hydrogens is 400 g/mol. The Kier molecular flexibility index (Phi) is 5.61. The zero-order valence-electron chi connectivity index (χ0n) is 15.4. The number of H-pyrrole nitrogens is 1. The van der Waals surface area contributed by atoms with E-state index in [1.54, 1.807) is 6.92 Å². The number of carbonyl (C=O) groups excluding carboxylic acids is 1. The highest BCUT2D eigenvalue weighted by Crippen LogP contribution is 2.56. The average Bonchev–Trinajstić information content (AvgIpc) is 2.85. The van der Waals surface area contributed by atoms with Gasteiger partial charge in [0, 0.05) is 12.3 Å². The third-order valence-corrected chi connectivity index (χ3v) is 6.13. The SMILES string of the molecule is CCOC(=O)C(C)NP1(=O)OCC2OC(n3ccc(=O)[nH]c3=O)C(C)(F)C2O1. The molecule has 2 aliphatic rings. The number of rotatable bonds is 5. The maximum absolute atomic E-state index is 15.5. The van der Waals surface area contributed by atoms with E-state index < -0.39 is 55.1 Å². The molecule has 0 amide bonds. The number of aromatic amines is 1. The Morgan fingerprint density at radius 1 is 1.57 bits per heavy atom. The fourth-order valence-electron chi connectivity index (χ4n) is 3.10. The quantitative estimate of drug-likeness (QED) is 0.505. The molecule has 6 unspecified atom stereocenters. The number of nitrogens with one attached hydrogen (secondary N) is 2. The highest BCUT2D eigenvalue weighted by atomic mass is 31.2. The second-order valence-corrected chi connectivity index (χ2v) is 8.34. The first-order valence-corrected chi connectivity index (χ1v) is 10.1. The predicted molar refractivity (Wildman–Crippen MR) is 92.4 cm³/mol. The molecule has 0 aliphatic carbocycles. The van der Waals surface area contributed by atoms with Gasteiger partial charge in [-0.3, -0.25) is 28.2 Å². The molecule has 3 heterocycles. The topological polar surface area (TPSA) is 138 Å². The number of aromatic nitrogens is 2. The Bertz CT molecular complexity index is 915. The molecule has 1 aromatic heterocycles. The van der Waals surface area contributed by atoms with Crippen molar-refractivity contribution in [2.45, 2.75) is 50.9 Å². The van der Waals surface area contributed by atoms with Crippen LogP contribution in [0.25, 0.3) is 0 Å². The Hall–Kier alpha value is -1.85. The summed E-state index contributed by atoms with van der Waals surface area (Å²) in [6.07, 6.45) is -2.65. The summed E-state index contributed by atoms with van der Waals surface area (Å²) in [4.78, 5) is 37.0. The van der Waals surface area contributed by atoms with Gasteiger partial charge in [-0.2, -0.15) is 0 Å². The smallest absolute Gasteiger partial charge is 0.406 e. The molecule has 2 aliphatic heterocycles. The molecule has 0 aromatic carbocycles. The minimum absolute atomic E-state index is 0.132. The van der Waals surface area contributed by atoms with Gasteiger partial charge in [0.1, 0.15) is 18.2 Å². The van der Waals surface area contributed by atoms with E-state index in [4.69, 9.17) is 18.5 Å². The van der Waals surface area contributed by atoms with Gasteiger partial charge in [0.15, 0.2) is 11.9 Å². The zero-order chi connectivity index (χ0) is 20.7. The monoisotopic (exact) mass is 421 g/mol. The summed E-state index contributed by atoms with van der Waals surface area (Å²) in [5.41, 5.74) is -3.79. The van der Waals surface area contributed by atoms with E-state index in [1.165, 1.54) is 6.92 Å². The van der Waals surface area contributed by atoms with Crippen molar-refractivity contribution in [3.8, 4) is 0 Å². The van der Waals surface area contributed by atoms with Crippen LogP contribution in [0.5, 0.6) is 0 Å². The summed E-state index contributed by atoms with van der Waals surface area (Å²) >= 11 is 0. The molecule has 2 saturated heterocycles. The molecule has 2 N–H and O–H groups in total. The minimum atomic E-state index is -4.05. The molecule has 0 radical (unpaired) electrons. The van der Waals surface area contributed by atoms with Crippen LogP contribution >= 0.6 is 7.75 Å². The molecule has 0 saturated carbocycles. The molecule has 3 rings (SSSR count). The Morgan fingerprint density at radius 2 is 2.29 bits per heavy atom. The van der Waals surface area contributed by atoms with E-state index in [0.29, 0.717) is 0 Å². The van der Waals surface area contributed by atoms with Gasteiger partial charge in [0.2, 0.25) is 0 Å². The van der Waals surface area contributed by atoms with Crippen LogP contribution in [0, 0.1) is 0 Å². The van der Waals surface area contributed by atoms with Gasteiger partial charge in [-0.25, -0.2) is 18.8 Å². The average molecular weight is 421 g/mol. The van der Waals surface area contributed by atoms with Crippen LogP contribution in [-0.2, 0) is 27.9 Å². The fourth-order valence-corrected chi connectivity index (χ4v) is 4.86. The molecule has 1 aromatic rings. The highest BCUT2D eigenvalue weighted by molar-refractivity contribution is 7.51. The number of carbonyl (C=O) groups is 1. The first-order valence-electron chi connectivity index (χ1n) is 8.60. The molecule has 28 heavy (non-hydrogen) atoms. The van der Waals surface area contributed by atoms with Crippen molar-refractivity contribution in [3.05, 3.63) is 33.1 Å². The van der Waals surface area contributed by atoms with Crippen molar-refractivity contribution in [1.29, 1.82) is 0 Å². The van der Waals surface area contributed by atoms with Gasteiger partial charge < -0.3 is 9.47 Å². The molecule has 0 spiro atoms. The summed E-state index contributed by atoms with van der Waals surface area (Å²) in [7, 11) is -4.05. The highest BCUT2D eigenvalue weighted by Gasteiger charge is 2.61. The molecule has 0 bridgehead atoms. The fraction of sp³-hybridized carbons (Fsp3) is 0.667. The van der Waals surface area contributed by atoms with Gasteiger partial charge in [-0.1, -0.05) is 0 Å². The largest absolute Gasteiger partial charge is 0.465 e. The summed E-state index contributed by atoms with van der Waals surface area (Å²) in [5.74, 6) is -0.671. The lowest BCUT2D eigenvalue weighted by atomic mass is 9.98. The van der Waals surface area contributed by atoms with E-state index in [9.17, 15) is 18.9 Å². The number of esters is 1. The number of fused-ring (bicyclic) bond motifs is 1. The van der Waals surface area contributed by atoms with Crippen LogP contribution in [0.2, 0.25) is 0 Å². The second kappa shape index (κ2) is 7.53. The summed E-state index contributed by atoms with van der Waals surface area (Å²) in [5, 5.41) is 2.40. The van der Waals surface area contributed by atoms with Crippen LogP contribution in [0.3, 0.4) is 0 Å². The molecule has 156 valence electrons. The standard InChI is InChI=1S/C15H21FN3O8P/c1-4-24-12(21)8(2)18-28(23)25-7-9-11(27-28)15(3,16)13(26-9)19-6-5-10(20)17-14(19)22/h5-6,8-9,11,13H,4,7H2,1-3H3,(H,18,23)(H,17,20,22). The van der Waals surface area contributed by atoms with Crippen LogP contribution in [-0.4, -0.2) is 52.7 Å².